The summed E-state index contributed by atoms with van der Waals surface area (Å²) in [6.45, 7) is 9.28. The van der Waals surface area contributed by atoms with Crippen LogP contribution < -0.4 is 0 Å². The van der Waals surface area contributed by atoms with Gasteiger partial charge in [-0.25, -0.2) is 4.39 Å². The van der Waals surface area contributed by atoms with Gasteiger partial charge in [-0.3, -0.25) is 9.48 Å². The number of rotatable bonds is 6. The molecule has 1 aromatic heterocycles. The minimum absolute atomic E-state index is 0.0466. The van der Waals surface area contributed by atoms with E-state index in [-0.39, 0.29) is 24.7 Å². The van der Waals surface area contributed by atoms with Crippen LogP contribution in [0.2, 0.25) is 0 Å². The highest BCUT2D eigenvalue weighted by molar-refractivity contribution is 9.10. The average molecular weight is 410 g/mol. The van der Waals surface area contributed by atoms with Crippen molar-refractivity contribution >= 4 is 21.8 Å². The predicted octanol–water partition coefficient (Wildman–Crippen LogP) is 4.26. The second-order valence-corrected chi connectivity index (χ2v) is 7.80. The topological polar surface area (TPSA) is 38.1 Å². The van der Waals surface area contributed by atoms with E-state index in [2.05, 4.69) is 34.9 Å². The van der Waals surface area contributed by atoms with Gasteiger partial charge in [-0.05, 0) is 38.0 Å². The molecule has 0 aliphatic carbocycles. The summed E-state index contributed by atoms with van der Waals surface area (Å²) in [4.78, 5) is 14.2. The number of nitrogens with zero attached hydrogens (tertiary/aromatic N) is 3. The number of aryl methyl sites for hydroxylation is 1. The summed E-state index contributed by atoms with van der Waals surface area (Å²) in [5.41, 5.74) is 3.37. The number of hydrogen-bond acceptors (Lipinski definition) is 2. The van der Waals surface area contributed by atoms with Crippen molar-refractivity contribution in [2.75, 3.05) is 7.05 Å². The first kappa shape index (κ1) is 19.6. The van der Waals surface area contributed by atoms with Crippen molar-refractivity contribution in [3.8, 4) is 0 Å². The smallest absolute Gasteiger partial charge is 0.227 e. The van der Waals surface area contributed by atoms with Crippen LogP contribution in [0.1, 0.15) is 36.4 Å². The highest BCUT2D eigenvalue weighted by atomic mass is 79.9. The molecule has 25 heavy (non-hydrogen) atoms. The van der Waals surface area contributed by atoms with Crippen LogP contribution in [0.5, 0.6) is 0 Å². The number of likely N-dealkylation sites (N-methyl/N-ethyl adjacent to an activating group) is 1. The zero-order chi connectivity index (χ0) is 18.7. The number of carbonyl (C=O) groups is 1. The number of aromatic nitrogens is 2. The van der Waals surface area contributed by atoms with Crippen LogP contribution in [0.3, 0.4) is 0 Å². The molecule has 1 heterocycles. The first-order chi connectivity index (χ1) is 11.7. The predicted molar refractivity (Wildman–Crippen MR) is 101 cm³/mol. The molecule has 0 spiro atoms. The third-order valence-electron chi connectivity index (χ3n) is 4.24. The van der Waals surface area contributed by atoms with Crippen LogP contribution in [-0.4, -0.2) is 27.6 Å². The van der Waals surface area contributed by atoms with E-state index in [9.17, 15) is 9.18 Å². The zero-order valence-corrected chi connectivity index (χ0v) is 17.0. The summed E-state index contributed by atoms with van der Waals surface area (Å²) in [6, 6.07) is 4.76. The Morgan fingerprint density at radius 2 is 2.04 bits per heavy atom. The molecule has 0 atom stereocenters. The Morgan fingerprint density at radius 1 is 1.36 bits per heavy atom. The molecular formula is C19H25BrFN3O. The molecule has 0 unspecified atom stereocenters. The monoisotopic (exact) mass is 409 g/mol. The highest BCUT2D eigenvalue weighted by Crippen LogP contribution is 2.19. The average Bonchev–Trinajstić information content (AvgIpc) is 2.77. The van der Waals surface area contributed by atoms with Gasteiger partial charge in [0.1, 0.15) is 5.82 Å². The Hall–Kier alpha value is -1.69. The standard InChI is InChI=1S/C19H25BrFN3O/c1-12(2)10-24-14(4)17(13(3)22-24)9-19(25)23(5)11-15-8-16(20)6-7-18(15)21/h6-8,12H,9-11H2,1-5H3. The molecule has 1 amide bonds. The number of carbonyl (C=O) groups excluding carboxylic acids is 1. The molecule has 0 saturated carbocycles. The Balaban J connectivity index is 2.11. The van der Waals surface area contributed by atoms with Gasteiger partial charge in [0.25, 0.3) is 0 Å². The normalized spacial score (nSPS) is 11.2. The van der Waals surface area contributed by atoms with Crippen LogP contribution in [0.25, 0.3) is 0 Å². The van der Waals surface area contributed by atoms with Crippen molar-refractivity contribution < 1.29 is 9.18 Å². The molecule has 0 aliphatic rings. The molecule has 0 aliphatic heterocycles. The molecule has 2 aromatic rings. The van der Waals surface area contributed by atoms with Crippen LogP contribution in [0.15, 0.2) is 22.7 Å². The lowest BCUT2D eigenvalue weighted by Crippen LogP contribution is -2.28. The minimum Gasteiger partial charge on any atom is -0.341 e. The Kier molecular flexibility index (Phi) is 6.38. The second-order valence-electron chi connectivity index (χ2n) is 6.89. The summed E-state index contributed by atoms with van der Waals surface area (Å²) < 4.78 is 16.7. The van der Waals surface area contributed by atoms with E-state index in [1.54, 1.807) is 24.1 Å². The quantitative estimate of drug-likeness (QED) is 0.714. The molecule has 0 bridgehead atoms. The lowest BCUT2D eigenvalue weighted by molar-refractivity contribution is -0.129. The first-order valence-corrected chi connectivity index (χ1v) is 9.19. The largest absolute Gasteiger partial charge is 0.341 e. The van der Waals surface area contributed by atoms with Gasteiger partial charge in [0.2, 0.25) is 5.91 Å². The minimum atomic E-state index is -0.306. The molecule has 0 saturated heterocycles. The van der Waals surface area contributed by atoms with Gasteiger partial charge in [0.15, 0.2) is 0 Å². The number of amides is 1. The summed E-state index contributed by atoms with van der Waals surface area (Å²) in [5, 5.41) is 4.55. The molecule has 6 heteroatoms. The van der Waals surface area contributed by atoms with E-state index in [1.807, 2.05) is 18.5 Å². The van der Waals surface area contributed by atoms with Gasteiger partial charge in [-0.2, -0.15) is 5.10 Å². The molecule has 0 radical (unpaired) electrons. The van der Waals surface area contributed by atoms with Crippen molar-refractivity contribution in [1.29, 1.82) is 0 Å². The maximum absolute atomic E-state index is 13.9. The van der Waals surface area contributed by atoms with E-state index in [0.717, 1.165) is 28.0 Å². The number of hydrogen-bond donors (Lipinski definition) is 0. The van der Waals surface area contributed by atoms with Crippen LogP contribution in [-0.2, 0) is 24.3 Å². The summed E-state index contributed by atoms with van der Waals surface area (Å²) in [6.07, 6.45) is 0.280. The summed E-state index contributed by atoms with van der Waals surface area (Å²) >= 11 is 3.34. The van der Waals surface area contributed by atoms with Crippen LogP contribution in [0.4, 0.5) is 4.39 Å². The Morgan fingerprint density at radius 3 is 2.68 bits per heavy atom. The number of halogens is 2. The maximum atomic E-state index is 13.9. The number of benzene rings is 1. The van der Waals surface area contributed by atoms with E-state index >= 15 is 0 Å². The van der Waals surface area contributed by atoms with Crippen molar-refractivity contribution in [3.05, 3.63) is 51.0 Å². The van der Waals surface area contributed by atoms with Crippen molar-refractivity contribution in [2.24, 2.45) is 5.92 Å². The zero-order valence-electron chi connectivity index (χ0n) is 15.4. The van der Waals surface area contributed by atoms with E-state index in [4.69, 9.17) is 0 Å². The summed E-state index contributed by atoms with van der Waals surface area (Å²) in [7, 11) is 1.70. The van der Waals surface area contributed by atoms with Gasteiger partial charge in [0.05, 0.1) is 12.1 Å². The fourth-order valence-electron chi connectivity index (χ4n) is 2.81. The fraction of sp³-hybridized carbons (Fsp3) is 0.474. The maximum Gasteiger partial charge on any atom is 0.227 e. The molecule has 136 valence electrons. The van der Waals surface area contributed by atoms with Gasteiger partial charge in [-0.15, -0.1) is 0 Å². The molecule has 0 N–H and O–H groups in total. The van der Waals surface area contributed by atoms with Crippen molar-refractivity contribution in [1.82, 2.24) is 14.7 Å². The molecule has 2 rings (SSSR count). The molecule has 4 nitrogen and oxygen atoms in total. The molecule has 1 aromatic carbocycles. The summed E-state index contributed by atoms with van der Waals surface area (Å²) in [5.74, 6) is 0.137. The third kappa shape index (κ3) is 4.91. The van der Waals surface area contributed by atoms with E-state index in [0.29, 0.717) is 11.5 Å². The van der Waals surface area contributed by atoms with Crippen LogP contribution >= 0.6 is 15.9 Å². The Labute approximate surface area is 157 Å². The van der Waals surface area contributed by atoms with E-state index < -0.39 is 0 Å². The lowest BCUT2D eigenvalue weighted by atomic mass is 10.1. The van der Waals surface area contributed by atoms with Crippen LogP contribution in [0, 0.1) is 25.6 Å². The highest BCUT2D eigenvalue weighted by Gasteiger charge is 2.18. The SMILES string of the molecule is Cc1nn(CC(C)C)c(C)c1CC(=O)N(C)Cc1cc(Br)ccc1F. The van der Waals surface area contributed by atoms with E-state index in [1.165, 1.54) is 6.07 Å². The van der Waals surface area contributed by atoms with Gasteiger partial charge < -0.3 is 4.90 Å². The lowest BCUT2D eigenvalue weighted by Gasteiger charge is -2.18. The first-order valence-electron chi connectivity index (χ1n) is 8.39. The third-order valence-corrected chi connectivity index (χ3v) is 4.73. The van der Waals surface area contributed by atoms with Gasteiger partial charge >= 0.3 is 0 Å². The van der Waals surface area contributed by atoms with Crippen molar-refractivity contribution in [3.63, 3.8) is 0 Å². The molecule has 0 fully saturated rings. The molecular weight excluding hydrogens is 385 g/mol. The van der Waals surface area contributed by atoms with Gasteiger partial charge in [-0.1, -0.05) is 29.8 Å². The Bertz CT molecular complexity index is 770. The van der Waals surface area contributed by atoms with Gasteiger partial charge in [0, 0.05) is 41.4 Å². The second kappa shape index (κ2) is 8.13. The fourth-order valence-corrected chi connectivity index (χ4v) is 3.22. The van der Waals surface area contributed by atoms with Crippen molar-refractivity contribution in [2.45, 2.75) is 47.2 Å².